The normalized spacial score (nSPS) is 13.3. The van der Waals surface area contributed by atoms with Crippen molar-refractivity contribution in [1.82, 2.24) is 0 Å². The Kier molecular flexibility index (Phi) is 11.4. The fraction of sp³-hybridized carbons (Fsp3) is 1.00. The van der Waals surface area contributed by atoms with E-state index in [1.54, 1.807) is 0 Å². The van der Waals surface area contributed by atoms with Gasteiger partial charge in [-0.05, 0) is 25.2 Å². The third kappa shape index (κ3) is 12.0. The first-order valence-electron chi connectivity index (χ1n) is 7.34. The van der Waals surface area contributed by atoms with Crippen molar-refractivity contribution in [2.75, 3.05) is 0 Å². The molecule has 0 aliphatic carbocycles. The molecule has 0 rings (SSSR count). The lowest BCUT2D eigenvalue weighted by atomic mass is 10.0. The van der Waals surface area contributed by atoms with Gasteiger partial charge in [0.15, 0.2) is 0 Å². The topological polar surface area (TPSA) is 20.2 Å². The Hall–Kier alpha value is -0.0400. The van der Waals surface area contributed by atoms with Crippen LogP contribution < -0.4 is 0 Å². The molecule has 0 spiro atoms. The van der Waals surface area contributed by atoms with E-state index in [4.69, 9.17) is 0 Å². The van der Waals surface area contributed by atoms with Crippen LogP contribution in [0.1, 0.15) is 85.0 Å². The van der Waals surface area contributed by atoms with E-state index in [-0.39, 0.29) is 6.10 Å². The summed E-state index contributed by atoms with van der Waals surface area (Å²) < 4.78 is 0. The van der Waals surface area contributed by atoms with Crippen LogP contribution in [-0.2, 0) is 0 Å². The van der Waals surface area contributed by atoms with Crippen LogP contribution in [0.3, 0.4) is 0 Å². The lowest BCUT2D eigenvalue weighted by Gasteiger charge is -2.11. The van der Waals surface area contributed by atoms with Gasteiger partial charge in [-0.25, -0.2) is 0 Å². The second kappa shape index (κ2) is 11.4. The van der Waals surface area contributed by atoms with Gasteiger partial charge in [0.25, 0.3) is 0 Å². The molecule has 1 heteroatoms. The first-order chi connectivity index (χ1) is 7.66. The van der Waals surface area contributed by atoms with Crippen molar-refractivity contribution >= 4 is 0 Å². The lowest BCUT2D eigenvalue weighted by Crippen LogP contribution is -2.07. The van der Waals surface area contributed by atoms with Crippen LogP contribution in [0.25, 0.3) is 0 Å². The van der Waals surface area contributed by atoms with E-state index < -0.39 is 0 Å². The first-order valence-corrected chi connectivity index (χ1v) is 7.34. The number of aliphatic hydroxyl groups is 1. The molecule has 1 atom stereocenters. The fourth-order valence-electron chi connectivity index (χ4n) is 2.01. The number of aliphatic hydroxyl groups excluding tert-OH is 1. The molecule has 0 aromatic heterocycles. The van der Waals surface area contributed by atoms with Gasteiger partial charge in [-0.3, -0.25) is 0 Å². The molecular formula is C15H32O. The zero-order chi connectivity index (χ0) is 12.2. The monoisotopic (exact) mass is 228 g/mol. The summed E-state index contributed by atoms with van der Waals surface area (Å²) in [6.07, 6.45) is 12.5. The molecule has 0 radical (unpaired) electrons. The predicted octanol–water partition coefficient (Wildman–Crippen LogP) is 4.92. The molecule has 0 aliphatic rings. The van der Waals surface area contributed by atoms with Crippen LogP contribution >= 0.6 is 0 Å². The third-order valence-electron chi connectivity index (χ3n) is 3.22. The zero-order valence-electron chi connectivity index (χ0n) is 11.7. The van der Waals surface area contributed by atoms with Crippen molar-refractivity contribution < 1.29 is 5.11 Å². The fourth-order valence-corrected chi connectivity index (χ4v) is 2.01. The molecule has 0 aromatic carbocycles. The van der Waals surface area contributed by atoms with E-state index in [0.29, 0.717) is 0 Å². The van der Waals surface area contributed by atoms with Gasteiger partial charge < -0.3 is 5.11 Å². The van der Waals surface area contributed by atoms with Crippen LogP contribution in [0, 0.1) is 5.92 Å². The summed E-state index contributed by atoms with van der Waals surface area (Å²) in [5.41, 5.74) is 0. The van der Waals surface area contributed by atoms with E-state index >= 15 is 0 Å². The van der Waals surface area contributed by atoms with Gasteiger partial charge in [0.2, 0.25) is 0 Å². The van der Waals surface area contributed by atoms with Crippen molar-refractivity contribution in [2.45, 2.75) is 91.1 Å². The summed E-state index contributed by atoms with van der Waals surface area (Å²) in [5, 5.41) is 9.74. The molecule has 0 amide bonds. The standard InChI is InChI=1S/C15H32O/c1-4-5-6-7-8-9-10-11-15(16)13-12-14(2)3/h14-16H,4-13H2,1-3H3. The summed E-state index contributed by atoms with van der Waals surface area (Å²) in [6, 6.07) is 0. The molecule has 1 unspecified atom stereocenters. The highest BCUT2D eigenvalue weighted by Crippen LogP contribution is 2.13. The first kappa shape index (κ1) is 16.0. The van der Waals surface area contributed by atoms with Crippen LogP contribution in [0.5, 0.6) is 0 Å². The Bertz CT molecular complexity index is 131. The molecule has 1 nitrogen and oxygen atoms in total. The zero-order valence-corrected chi connectivity index (χ0v) is 11.7. The van der Waals surface area contributed by atoms with Crippen molar-refractivity contribution in [1.29, 1.82) is 0 Å². The molecule has 0 aliphatic heterocycles. The largest absolute Gasteiger partial charge is 0.393 e. The van der Waals surface area contributed by atoms with Crippen molar-refractivity contribution in [3.63, 3.8) is 0 Å². The summed E-state index contributed by atoms with van der Waals surface area (Å²) in [5.74, 6) is 0.726. The summed E-state index contributed by atoms with van der Waals surface area (Å²) in [6.45, 7) is 6.70. The van der Waals surface area contributed by atoms with Crippen molar-refractivity contribution in [3.8, 4) is 0 Å². The average Bonchev–Trinajstić information content (AvgIpc) is 2.25. The maximum Gasteiger partial charge on any atom is 0.0540 e. The highest BCUT2D eigenvalue weighted by molar-refractivity contribution is 4.58. The van der Waals surface area contributed by atoms with Crippen LogP contribution in [0.4, 0.5) is 0 Å². The molecule has 0 saturated carbocycles. The van der Waals surface area contributed by atoms with E-state index in [1.807, 2.05) is 0 Å². The summed E-state index contributed by atoms with van der Waals surface area (Å²) in [7, 11) is 0. The Morgan fingerprint density at radius 1 is 0.750 bits per heavy atom. The molecule has 0 fully saturated rings. The van der Waals surface area contributed by atoms with Gasteiger partial charge in [0.1, 0.15) is 0 Å². The Morgan fingerprint density at radius 2 is 1.31 bits per heavy atom. The second-order valence-electron chi connectivity index (χ2n) is 5.54. The van der Waals surface area contributed by atoms with E-state index in [1.165, 1.54) is 44.9 Å². The summed E-state index contributed by atoms with van der Waals surface area (Å²) in [4.78, 5) is 0. The number of hydrogen-bond donors (Lipinski definition) is 1. The molecule has 98 valence electrons. The Balaban J connectivity index is 3.12. The Morgan fingerprint density at radius 3 is 1.88 bits per heavy atom. The van der Waals surface area contributed by atoms with Gasteiger partial charge in [0.05, 0.1) is 6.10 Å². The van der Waals surface area contributed by atoms with Gasteiger partial charge in [-0.15, -0.1) is 0 Å². The maximum absolute atomic E-state index is 9.74. The van der Waals surface area contributed by atoms with Crippen molar-refractivity contribution in [2.24, 2.45) is 5.92 Å². The number of hydrogen-bond acceptors (Lipinski definition) is 1. The molecule has 1 N–H and O–H groups in total. The number of unbranched alkanes of at least 4 members (excludes halogenated alkanes) is 6. The lowest BCUT2D eigenvalue weighted by molar-refractivity contribution is 0.143. The molecule has 16 heavy (non-hydrogen) atoms. The van der Waals surface area contributed by atoms with E-state index in [2.05, 4.69) is 20.8 Å². The molecular weight excluding hydrogens is 196 g/mol. The third-order valence-corrected chi connectivity index (χ3v) is 3.22. The molecule has 0 heterocycles. The predicted molar refractivity (Wildman–Crippen MR) is 72.7 cm³/mol. The van der Waals surface area contributed by atoms with Gasteiger partial charge in [0, 0.05) is 0 Å². The smallest absolute Gasteiger partial charge is 0.0540 e. The Labute approximate surface area is 103 Å². The SMILES string of the molecule is CCCCCCCCCC(O)CCC(C)C. The summed E-state index contributed by atoms with van der Waals surface area (Å²) >= 11 is 0. The van der Waals surface area contributed by atoms with Gasteiger partial charge >= 0.3 is 0 Å². The number of rotatable bonds is 11. The quantitative estimate of drug-likeness (QED) is 0.497. The second-order valence-corrected chi connectivity index (χ2v) is 5.54. The highest BCUT2D eigenvalue weighted by Gasteiger charge is 2.04. The van der Waals surface area contributed by atoms with E-state index in [0.717, 1.165) is 25.2 Å². The van der Waals surface area contributed by atoms with Crippen LogP contribution in [0.2, 0.25) is 0 Å². The molecule has 0 aromatic rings. The van der Waals surface area contributed by atoms with Gasteiger partial charge in [-0.1, -0.05) is 65.7 Å². The minimum atomic E-state index is -0.0435. The van der Waals surface area contributed by atoms with Crippen LogP contribution in [0.15, 0.2) is 0 Å². The molecule has 0 bridgehead atoms. The van der Waals surface area contributed by atoms with Crippen molar-refractivity contribution in [3.05, 3.63) is 0 Å². The maximum atomic E-state index is 9.74. The van der Waals surface area contributed by atoms with Gasteiger partial charge in [-0.2, -0.15) is 0 Å². The van der Waals surface area contributed by atoms with E-state index in [9.17, 15) is 5.11 Å². The highest BCUT2D eigenvalue weighted by atomic mass is 16.3. The molecule has 0 saturated heterocycles. The van der Waals surface area contributed by atoms with Crippen LogP contribution in [-0.4, -0.2) is 11.2 Å². The average molecular weight is 228 g/mol. The minimum Gasteiger partial charge on any atom is -0.393 e. The minimum absolute atomic E-state index is 0.0435.